The predicted molar refractivity (Wildman–Crippen MR) is 100.0 cm³/mol. The van der Waals surface area contributed by atoms with Crippen molar-refractivity contribution in [2.45, 2.75) is 13.3 Å². The topological polar surface area (TPSA) is 83.0 Å². The lowest BCUT2D eigenvalue weighted by Crippen LogP contribution is -2.16. The van der Waals surface area contributed by atoms with Crippen molar-refractivity contribution in [3.63, 3.8) is 0 Å². The van der Waals surface area contributed by atoms with E-state index < -0.39 is 11.8 Å². The first-order valence-electron chi connectivity index (χ1n) is 8.66. The van der Waals surface area contributed by atoms with Crippen LogP contribution >= 0.6 is 0 Å². The maximum atomic E-state index is 12.3. The largest absolute Gasteiger partial charge is 0.573 e. The molecular weight excluding hydrogens is 401 g/mol. The van der Waals surface area contributed by atoms with Crippen LogP contribution in [0.2, 0.25) is 0 Å². The summed E-state index contributed by atoms with van der Waals surface area (Å²) in [4.78, 5) is 16.4. The molecule has 0 amide bonds. The van der Waals surface area contributed by atoms with Crippen LogP contribution < -0.4 is 10.2 Å². The third-order valence-electron chi connectivity index (χ3n) is 4.05. The van der Waals surface area contributed by atoms with Gasteiger partial charge < -0.3 is 9.26 Å². The summed E-state index contributed by atoms with van der Waals surface area (Å²) in [6.07, 6.45) is -3.26. The van der Waals surface area contributed by atoms with E-state index >= 15 is 0 Å². The minimum absolute atomic E-state index is 0.0465. The van der Waals surface area contributed by atoms with Crippen LogP contribution in [0.3, 0.4) is 0 Å². The first kappa shape index (κ1) is 19.4. The summed E-state index contributed by atoms with van der Waals surface area (Å²) in [6, 6.07) is 13.8. The van der Waals surface area contributed by atoms with Gasteiger partial charge in [-0.1, -0.05) is 17.3 Å². The summed E-state index contributed by atoms with van der Waals surface area (Å²) >= 11 is 0. The number of aryl methyl sites for hydroxylation is 1. The Kier molecular flexibility index (Phi) is 4.82. The second-order valence-corrected chi connectivity index (χ2v) is 6.31. The quantitative estimate of drug-likeness (QED) is 0.499. The highest BCUT2D eigenvalue weighted by Gasteiger charge is 2.31. The van der Waals surface area contributed by atoms with Crippen LogP contribution in [0.4, 0.5) is 13.2 Å². The van der Waals surface area contributed by atoms with Gasteiger partial charge in [0.25, 0.3) is 5.89 Å². The average molecular weight is 414 g/mol. The first-order valence-corrected chi connectivity index (χ1v) is 8.66. The highest BCUT2D eigenvalue weighted by atomic mass is 19.4. The zero-order chi connectivity index (χ0) is 21.3. The molecule has 0 atom stereocenters. The lowest BCUT2D eigenvalue weighted by Gasteiger charge is -2.08. The molecule has 0 radical (unpaired) electrons. The molecule has 0 N–H and O–H groups in total. The summed E-state index contributed by atoms with van der Waals surface area (Å²) in [5.74, 6) is -0.385. The Balaban J connectivity index is 1.64. The number of rotatable bonds is 4. The van der Waals surface area contributed by atoms with Crippen LogP contribution in [-0.2, 0) is 0 Å². The molecule has 0 aliphatic rings. The molecule has 0 fully saturated rings. The van der Waals surface area contributed by atoms with Crippen molar-refractivity contribution in [2.24, 2.45) is 0 Å². The van der Waals surface area contributed by atoms with Crippen molar-refractivity contribution in [3.05, 3.63) is 76.6 Å². The fourth-order valence-corrected chi connectivity index (χ4v) is 2.71. The second-order valence-electron chi connectivity index (χ2n) is 6.31. The zero-order valence-corrected chi connectivity index (χ0v) is 15.4. The molecular formula is C20H13F3N4O3. The van der Waals surface area contributed by atoms with Gasteiger partial charge in [-0.2, -0.15) is 10.1 Å². The van der Waals surface area contributed by atoms with Crippen LogP contribution in [0, 0.1) is 6.92 Å². The zero-order valence-electron chi connectivity index (χ0n) is 15.4. The molecule has 4 rings (SSSR count). The SMILES string of the molecule is Cc1cccc(-n2ccc(=O)c(-c3nc(-c4ccc(OC(F)(F)F)cc4)no3)n2)c1. The Hall–Kier alpha value is -3.95. The van der Waals surface area contributed by atoms with Crippen molar-refractivity contribution in [2.75, 3.05) is 0 Å². The second kappa shape index (κ2) is 7.47. The number of alkyl halides is 3. The van der Waals surface area contributed by atoms with E-state index in [0.717, 1.165) is 23.4 Å². The van der Waals surface area contributed by atoms with Crippen LogP contribution in [0.1, 0.15) is 5.56 Å². The number of aromatic nitrogens is 4. The smallest absolute Gasteiger partial charge is 0.406 e. The van der Waals surface area contributed by atoms with Crippen molar-refractivity contribution < 1.29 is 22.4 Å². The predicted octanol–water partition coefficient (Wildman–Crippen LogP) is 4.16. The van der Waals surface area contributed by atoms with Crippen molar-refractivity contribution in [3.8, 4) is 34.4 Å². The lowest BCUT2D eigenvalue weighted by atomic mass is 10.2. The van der Waals surface area contributed by atoms with Gasteiger partial charge in [0.2, 0.25) is 11.3 Å². The van der Waals surface area contributed by atoms with Gasteiger partial charge in [-0.05, 0) is 48.9 Å². The van der Waals surface area contributed by atoms with E-state index in [1.165, 1.54) is 29.1 Å². The van der Waals surface area contributed by atoms with Crippen molar-refractivity contribution >= 4 is 0 Å². The minimum Gasteiger partial charge on any atom is -0.406 e. The van der Waals surface area contributed by atoms with E-state index in [1.807, 2.05) is 31.2 Å². The summed E-state index contributed by atoms with van der Waals surface area (Å²) in [5, 5.41) is 8.07. The number of hydrogen-bond acceptors (Lipinski definition) is 6. The summed E-state index contributed by atoms with van der Waals surface area (Å²) in [5.41, 5.74) is 1.69. The van der Waals surface area contributed by atoms with Crippen molar-refractivity contribution in [1.82, 2.24) is 19.9 Å². The normalized spacial score (nSPS) is 11.5. The number of nitrogens with zero attached hydrogens (tertiary/aromatic N) is 4. The molecule has 2 aromatic carbocycles. The standard InChI is InChI=1S/C20H13F3N4O3/c1-12-3-2-4-14(11-12)27-10-9-16(28)17(25-27)19-24-18(26-30-19)13-5-7-15(8-6-13)29-20(21,22)23/h2-11H,1H3. The third kappa shape index (κ3) is 4.22. The monoisotopic (exact) mass is 414 g/mol. The maximum Gasteiger partial charge on any atom is 0.573 e. The fraction of sp³-hybridized carbons (Fsp3) is 0.100. The Labute approximate surface area is 167 Å². The van der Waals surface area contributed by atoms with E-state index in [1.54, 1.807) is 0 Å². The van der Waals surface area contributed by atoms with Gasteiger partial charge in [-0.25, -0.2) is 4.68 Å². The Morgan fingerprint density at radius 2 is 1.83 bits per heavy atom. The van der Waals surface area contributed by atoms with Crippen LogP contribution in [0.25, 0.3) is 28.7 Å². The summed E-state index contributed by atoms with van der Waals surface area (Å²) < 4.78 is 47.3. The highest BCUT2D eigenvalue weighted by molar-refractivity contribution is 5.58. The van der Waals surface area contributed by atoms with Gasteiger partial charge in [0.05, 0.1) is 5.69 Å². The molecule has 0 aliphatic heterocycles. The Bertz CT molecular complexity index is 1250. The molecule has 0 unspecified atom stereocenters. The molecule has 2 heterocycles. The maximum absolute atomic E-state index is 12.3. The number of halogens is 3. The van der Waals surface area contributed by atoms with Gasteiger partial charge in [-0.3, -0.25) is 4.79 Å². The van der Waals surface area contributed by atoms with E-state index in [2.05, 4.69) is 20.0 Å². The fourth-order valence-electron chi connectivity index (χ4n) is 2.71. The van der Waals surface area contributed by atoms with Crippen LogP contribution in [-0.4, -0.2) is 26.3 Å². The first-order chi connectivity index (χ1) is 14.3. The Morgan fingerprint density at radius 1 is 1.07 bits per heavy atom. The van der Waals surface area contributed by atoms with Gasteiger partial charge in [0, 0.05) is 17.8 Å². The number of benzene rings is 2. The molecule has 0 saturated heterocycles. The van der Waals surface area contributed by atoms with Crippen LogP contribution in [0.15, 0.2) is 70.1 Å². The molecule has 0 saturated carbocycles. The van der Waals surface area contributed by atoms with E-state index in [0.29, 0.717) is 5.56 Å². The average Bonchev–Trinajstić information content (AvgIpc) is 3.17. The van der Waals surface area contributed by atoms with E-state index in [9.17, 15) is 18.0 Å². The molecule has 0 bridgehead atoms. The van der Waals surface area contributed by atoms with Crippen LogP contribution in [0.5, 0.6) is 5.75 Å². The Morgan fingerprint density at radius 3 is 2.53 bits per heavy atom. The third-order valence-corrected chi connectivity index (χ3v) is 4.05. The minimum atomic E-state index is -4.78. The van der Waals surface area contributed by atoms with Crippen molar-refractivity contribution in [1.29, 1.82) is 0 Å². The number of hydrogen-bond donors (Lipinski definition) is 0. The molecule has 0 spiro atoms. The molecule has 7 nitrogen and oxygen atoms in total. The van der Waals surface area contributed by atoms with E-state index in [4.69, 9.17) is 4.52 Å². The molecule has 0 aliphatic carbocycles. The van der Waals surface area contributed by atoms with Gasteiger partial charge in [0.15, 0.2) is 5.69 Å². The lowest BCUT2D eigenvalue weighted by molar-refractivity contribution is -0.274. The molecule has 4 aromatic rings. The molecule has 30 heavy (non-hydrogen) atoms. The molecule has 2 aromatic heterocycles. The summed E-state index contributed by atoms with van der Waals surface area (Å²) in [7, 11) is 0. The van der Waals surface area contributed by atoms with Gasteiger partial charge in [-0.15, -0.1) is 13.2 Å². The van der Waals surface area contributed by atoms with Gasteiger partial charge >= 0.3 is 6.36 Å². The number of ether oxygens (including phenoxy) is 1. The highest BCUT2D eigenvalue weighted by Crippen LogP contribution is 2.26. The summed E-state index contributed by atoms with van der Waals surface area (Å²) in [6.45, 7) is 1.93. The van der Waals surface area contributed by atoms with E-state index in [-0.39, 0.29) is 23.2 Å². The molecule has 152 valence electrons. The molecule has 10 heteroatoms. The van der Waals surface area contributed by atoms with Gasteiger partial charge in [0.1, 0.15) is 5.75 Å².